The number of hydrogen-bond acceptors (Lipinski definition) is 3. The molecule has 1 aromatic heterocycles. The van der Waals surface area contributed by atoms with Gasteiger partial charge in [-0.3, -0.25) is 0 Å². The predicted octanol–water partition coefficient (Wildman–Crippen LogP) is 2.40. The van der Waals surface area contributed by atoms with Crippen molar-refractivity contribution in [2.24, 2.45) is 5.73 Å². The van der Waals surface area contributed by atoms with E-state index in [9.17, 15) is 0 Å². The van der Waals surface area contributed by atoms with Crippen LogP contribution in [0, 0.1) is 0 Å². The Labute approximate surface area is 99.2 Å². The Kier molecular flexibility index (Phi) is 3.27. The zero-order valence-electron chi connectivity index (χ0n) is 9.03. The van der Waals surface area contributed by atoms with E-state index in [-0.39, 0.29) is 0 Å². The fraction of sp³-hybridized carbons (Fsp3) is 0.250. The molecule has 0 radical (unpaired) electrons. The quantitative estimate of drug-likeness (QED) is 0.833. The van der Waals surface area contributed by atoms with Gasteiger partial charge in [-0.05, 0) is 42.8 Å². The second-order valence-corrected chi connectivity index (χ2v) is 3.89. The highest BCUT2D eigenvalue weighted by Crippen LogP contribution is 2.24. The van der Waals surface area contributed by atoms with Gasteiger partial charge in [-0.2, -0.15) is 0 Å². The fourth-order valence-corrected chi connectivity index (χ4v) is 1.87. The molecule has 0 saturated heterocycles. The van der Waals surface area contributed by atoms with Crippen LogP contribution in [0.5, 0.6) is 5.75 Å². The van der Waals surface area contributed by atoms with Gasteiger partial charge >= 0.3 is 0 Å². The summed E-state index contributed by atoms with van der Waals surface area (Å²) in [5, 5.41) is 1.55. The molecule has 0 saturated carbocycles. The molecule has 2 rings (SSSR count). The summed E-state index contributed by atoms with van der Waals surface area (Å²) in [5.41, 5.74) is 7.36. The zero-order valence-corrected chi connectivity index (χ0v) is 9.79. The summed E-state index contributed by atoms with van der Waals surface area (Å²) in [4.78, 5) is 4.32. The second kappa shape index (κ2) is 4.68. The van der Waals surface area contributed by atoms with Crippen LogP contribution in [0.25, 0.3) is 10.9 Å². The number of methoxy groups -OCH3 is 1. The summed E-state index contributed by atoms with van der Waals surface area (Å²) in [6.07, 6.45) is 0.735. The van der Waals surface area contributed by atoms with E-state index in [1.54, 1.807) is 7.11 Å². The standard InChI is InChI=1S/C12H13ClN2O/c1-16-10-2-3-11-9(7-10)6-8(4-5-14)12(13)15-11/h2-3,6-7H,4-5,14H2,1H3. The van der Waals surface area contributed by atoms with Gasteiger partial charge in [0, 0.05) is 5.39 Å². The molecule has 1 heterocycles. The summed E-state index contributed by atoms with van der Waals surface area (Å²) in [7, 11) is 1.64. The van der Waals surface area contributed by atoms with E-state index < -0.39 is 0 Å². The highest BCUT2D eigenvalue weighted by atomic mass is 35.5. The van der Waals surface area contributed by atoms with Gasteiger partial charge in [0.25, 0.3) is 0 Å². The van der Waals surface area contributed by atoms with E-state index in [0.29, 0.717) is 11.7 Å². The topological polar surface area (TPSA) is 48.1 Å². The second-order valence-electron chi connectivity index (χ2n) is 3.54. The van der Waals surface area contributed by atoms with Crippen molar-refractivity contribution in [3.8, 4) is 5.75 Å². The minimum Gasteiger partial charge on any atom is -0.497 e. The van der Waals surface area contributed by atoms with Gasteiger partial charge in [0.1, 0.15) is 10.9 Å². The molecule has 0 amide bonds. The Morgan fingerprint density at radius 2 is 2.19 bits per heavy atom. The van der Waals surface area contributed by atoms with Crippen LogP contribution in [0.15, 0.2) is 24.3 Å². The Morgan fingerprint density at radius 3 is 2.88 bits per heavy atom. The van der Waals surface area contributed by atoms with Crippen molar-refractivity contribution in [1.29, 1.82) is 0 Å². The molecule has 0 atom stereocenters. The molecule has 4 heteroatoms. The normalized spacial score (nSPS) is 10.7. The summed E-state index contributed by atoms with van der Waals surface area (Å²) < 4.78 is 5.17. The van der Waals surface area contributed by atoms with Crippen molar-refractivity contribution < 1.29 is 4.74 Å². The van der Waals surface area contributed by atoms with E-state index in [4.69, 9.17) is 22.1 Å². The molecular weight excluding hydrogens is 224 g/mol. The largest absolute Gasteiger partial charge is 0.497 e. The predicted molar refractivity (Wildman–Crippen MR) is 66.1 cm³/mol. The van der Waals surface area contributed by atoms with Gasteiger partial charge < -0.3 is 10.5 Å². The zero-order chi connectivity index (χ0) is 11.5. The first-order valence-corrected chi connectivity index (χ1v) is 5.45. The Balaban J connectivity index is 2.56. The maximum atomic E-state index is 6.06. The molecule has 84 valence electrons. The van der Waals surface area contributed by atoms with E-state index in [2.05, 4.69) is 4.98 Å². The van der Waals surface area contributed by atoms with Crippen LogP contribution in [-0.2, 0) is 6.42 Å². The number of ether oxygens (including phenoxy) is 1. The van der Waals surface area contributed by atoms with Crippen LogP contribution < -0.4 is 10.5 Å². The van der Waals surface area contributed by atoms with E-state index >= 15 is 0 Å². The molecule has 2 aromatic rings. The third-order valence-corrected chi connectivity index (χ3v) is 2.79. The minimum atomic E-state index is 0.531. The third-order valence-electron chi connectivity index (χ3n) is 2.46. The summed E-state index contributed by atoms with van der Waals surface area (Å²) >= 11 is 6.06. The van der Waals surface area contributed by atoms with Crippen LogP contribution in [0.2, 0.25) is 5.15 Å². The van der Waals surface area contributed by atoms with Gasteiger partial charge in [0.2, 0.25) is 0 Å². The van der Waals surface area contributed by atoms with Crippen LogP contribution in [0.1, 0.15) is 5.56 Å². The lowest BCUT2D eigenvalue weighted by atomic mass is 10.1. The van der Waals surface area contributed by atoms with Crippen molar-refractivity contribution in [3.05, 3.63) is 35.0 Å². The Morgan fingerprint density at radius 1 is 1.38 bits per heavy atom. The maximum absolute atomic E-state index is 6.06. The number of nitrogens with zero attached hydrogens (tertiary/aromatic N) is 1. The molecule has 2 N–H and O–H groups in total. The number of benzene rings is 1. The molecule has 0 aliphatic rings. The van der Waals surface area contributed by atoms with Crippen molar-refractivity contribution in [2.45, 2.75) is 6.42 Å². The van der Waals surface area contributed by atoms with Crippen LogP contribution in [0.3, 0.4) is 0 Å². The molecule has 3 nitrogen and oxygen atoms in total. The Hall–Kier alpha value is -1.32. The monoisotopic (exact) mass is 236 g/mol. The van der Waals surface area contributed by atoms with E-state index in [1.165, 1.54) is 0 Å². The number of rotatable bonds is 3. The van der Waals surface area contributed by atoms with Gasteiger partial charge in [0.15, 0.2) is 0 Å². The number of nitrogens with two attached hydrogens (primary N) is 1. The fourth-order valence-electron chi connectivity index (χ4n) is 1.63. The van der Waals surface area contributed by atoms with Crippen LogP contribution >= 0.6 is 11.6 Å². The van der Waals surface area contributed by atoms with Crippen LogP contribution in [0.4, 0.5) is 0 Å². The minimum absolute atomic E-state index is 0.531. The van der Waals surface area contributed by atoms with Gasteiger partial charge in [-0.25, -0.2) is 4.98 Å². The number of hydrogen-bond donors (Lipinski definition) is 1. The lowest BCUT2D eigenvalue weighted by Gasteiger charge is -2.06. The van der Waals surface area contributed by atoms with Crippen molar-refractivity contribution >= 4 is 22.5 Å². The number of aromatic nitrogens is 1. The van der Waals surface area contributed by atoms with E-state index in [0.717, 1.165) is 28.6 Å². The summed E-state index contributed by atoms with van der Waals surface area (Å²) in [5.74, 6) is 0.815. The van der Waals surface area contributed by atoms with Crippen molar-refractivity contribution in [1.82, 2.24) is 4.98 Å². The highest BCUT2D eigenvalue weighted by Gasteiger charge is 2.05. The molecule has 16 heavy (non-hydrogen) atoms. The molecule has 0 spiro atoms. The molecule has 0 aliphatic heterocycles. The van der Waals surface area contributed by atoms with Crippen molar-refractivity contribution in [2.75, 3.05) is 13.7 Å². The average molecular weight is 237 g/mol. The summed E-state index contributed by atoms with van der Waals surface area (Å²) in [6, 6.07) is 7.72. The number of halogens is 1. The maximum Gasteiger partial charge on any atom is 0.133 e. The molecule has 0 unspecified atom stereocenters. The van der Waals surface area contributed by atoms with Crippen molar-refractivity contribution in [3.63, 3.8) is 0 Å². The highest BCUT2D eigenvalue weighted by molar-refractivity contribution is 6.30. The van der Waals surface area contributed by atoms with Crippen LogP contribution in [-0.4, -0.2) is 18.6 Å². The number of pyridine rings is 1. The lowest BCUT2D eigenvalue weighted by Crippen LogP contribution is -2.03. The third kappa shape index (κ3) is 2.10. The molecule has 0 bridgehead atoms. The average Bonchev–Trinajstić information content (AvgIpc) is 2.30. The first-order chi connectivity index (χ1) is 7.74. The smallest absolute Gasteiger partial charge is 0.133 e. The van der Waals surface area contributed by atoms with E-state index in [1.807, 2.05) is 24.3 Å². The van der Waals surface area contributed by atoms with Gasteiger partial charge in [-0.1, -0.05) is 11.6 Å². The van der Waals surface area contributed by atoms with Gasteiger partial charge in [-0.15, -0.1) is 0 Å². The van der Waals surface area contributed by atoms with Gasteiger partial charge in [0.05, 0.1) is 12.6 Å². The number of fused-ring (bicyclic) bond motifs is 1. The Bertz CT molecular complexity index is 514. The molecule has 0 aliphatic carbocycles. The first-order valence-electron chi connectivity index (χ1n) is 5.08. The SMILES string of the molecule is COc1ccc2nc(Cl)c(CCN)cc2c1. The molecule has 0 fully saturated rings. The summed E-state index contributed by atoms with van der Waals surface area (Å²) in [6.45, 7) is 0.566. The lowest BCUT2D eigenvalue weighted by molar-refractivity contribution is 0.415. The molecular formula is C12H13ClN2O. The first kappa shape index (κ1) is 11.2. The molecule has 1 aromatic carbocycles.